The van der Waals surface area contributed by atoms with Crippen LogP contribution < -0.4 is 5.32 Å². The molecule has 2 N–H and O–H groups in total. The van der Waals surface area contributed by atoms with Crippen molar-refractivity contribution in [2.24, 2.45) is 0 Å². The van der Waals surface area contributed by atoms with Gasteiger partial charge in [0.25, 0.3) is 0 Å². The highest BCUT2D eigenvalue weighted by Crippen LogP contribution is 2.24. The largest absolute Gasteiger partial charge is 0.465 e. The van der Waals surface area contributed by atoms with Crippen molar-refractivity contribution in [1.29, 1.82) is 0 Å². The van der Waals surface area contributed by atoms with Gasteiger partial charge in [-0.1, -0.05) is 0 Å². The van der Waals surface area contributed by atoms with E-state index in [4.69, 9.17) is 4.74 Å². The predicted octanol–water partition coefficient (Wildman–Crippen LogP) is 1.14. The fourth-order valence-electron chi connectivity index (χ4n) is 2.28. The zero-order chi connectivity index (χ0) is 12.3. The first-order valence-electron chi connectivity index (χ1n) is 5.63. The Morgan fingerprint density at radius 1 is 1.50 bits per heavy atom. The van der Waals surface area contributed by atoms with E-state index in [0.717, 1.165) is 13.0 Å². The number of methoxy groups -OCH3 is 1. The van der Waals surface area contributed by atoms with E-state index in [1.165, 1.54) is 4.90 Å². The van der Waals surface area contributed by atoms with Gasteiger partial charge in [0.2, 0.25) is 0 Å². The van der Waals surface area contributed by atoms with Crippen LogP contribution >= 0.6 is 0 Å². The van der Waals surface area contributed by atoms with Crippen molar-refractivity contribution in [1.82, 2.24) is 10.2 Å². The van der Waals surface area contributed by atoms with Gasteiger partial charge < -0.3 is 15.2 Å². The summed E-state index contributed by atoms with van der Waals surface area (Å²) in [6.07, 6.45) is -0.146. The molecule has 16 heavy (non-hydrogen) atoms. The highest BCUT2D eigenvalue weighted by atomic mass is 16.5. The monoisotopic (exact) mass is 230 g/mol. The van der Waals surface area contributed by atoms with Crippen LogP contribution in [0.1, 0.15) is 27.2 Å². The Kier molecular flexibility index (Phi) is 4.15. The van der Waals surface area contributed by atoms with Crippen molar-refractivity contribution in [3.8, 4) is 0 Å². The first-order valence-corrected chi connectivity index (χ1v) is 5.63. The third kappa shape index (κ3) is 2.86. The fraction of sp³-hybridized carbons (Fsp3) is 0.909. The molecule has 5 nitrogen and oxygen atoms in total. The molecular formula is C11H22N2O3. The first-order chi connectivity index (χ1) is 7.38. The van der Waals surface area contributed by atoms with Crippen molar-refractivity contribution in [2.45, 2.75) is 44.9 Å². The van der Waals surface area contributed by atoms with Gasteiger partial charge in [0.15, 0.2) is 0 Å². The lowest BCUT2D eigenvalue weighted by Gasteiger charge is -2.44. The number of hydrogen-bond donors (Lipinski definition) is 2. The smallest absolute Gasteiger partial charge is 0.408 e. The normalized spacial score (nSPS) is 26.5. The molecular weight excluding hydrogens is 208 g/mol. The fourth-order valence-corrected chi connectivity index (χ4v) is 2.28. The van der Waals surface area contributed by atoms with E-state index in [-0.39, 0.29) is 12.1 Å². The van der Waals surface area contributed by atoms with Gasteiger partial charge in [-0.3, -0.25) is 4.90 Å². The Balaban J connectivity index is 2.87. The minimum Gasteiger partial charge on any atom is -0.465 e. The number of nitrogens with zero attached hydrogens (tertiary/aromatic N) is 1. The van der Waals surface area contributed by atoms with E-state index < -0.39 is 11.6 Å². The molecule has 2 atom stereocenters. The van der Waals surface area contributed by atoms with Gasteiger partial charge in [-0.2, -0.15) is 0 Å². The topological polar surface area (TPSA) is 61.8 Å². The molecule has 1 rings (SSSR count). The van der Waals surface area contributed by atoms with Gasteiger partial charge in [-0.05, 0) is 33.7 Å². The number of piperidine rings is 1. The minimum absolute atomic E-state index is 0.0657. The van der Waals surface area contributed by atoms with Crippen LogP contribution in [-0.2, 0) is 4.74 Å². The maximum absolute atomic E-state index is 11.4. The van der Waals surface area contributed by atoms with Gasteiger partial charge in [0, 0.05) is 19.2 Å². The summed E-state index contributed by atoms with van der Waals surface area (Å²) in [6.45, 7) is 7.28. The molecule has 0 aromatic rings. The van der Waals surface area contributed by atoms with Gasteiger partial charge in [-0.25, -0.2) is 4.79 Å². The maximum Gasteiger partial charge on any atom is 0.408 e. The molecule has 0 bridgehead atoms. The summed E-state index contributed by atoms with van der Waals surface area (Å²) < 4.78 is 5.36. The van der Waals surface area contributed by atoms with Gasteiger partial charge in [0.05, 0.1) is 12.1 Å². The van der Waals surface area contributed by atoms with Crippen LogP contribution in [0.3, 0.4) is 0 Å². The third-order valence-corrected chi connectivity index (χ3v) is 2.95. The summed E-state index contributed by atoms with van der Waals surface area (Å²) >= 11 is 0. The molecule has 0 aromatic carbocycles. The number of amides is 1. The zero-order valence-corrected chi connectivity index (χ0v) is 10.5. The molecule has 1 heterocycles. The minimum atomic E-state index is -0.874. The lowest BCUT2D eigenvalue weighted by molar-refractivity contribution is -0.0262. The van der Waals surface area contributed by atoms with Crippen molar-refractivity contribution < 1.29 is 14.6 Å². The van der Waals surface area contributed by atoms with Crippen LogP contribution in [0, 0.1) is 0 Å². The summed E-state index contributed by atoms with van der Waals surface area (Å²) in [6, 6.07) is -0.0660. The number of carbonyl (C=O) groups is 1. The highest BCUT2D eigenvalue weighted by molar-refractivity contribution is 5.66. The highest BCUT2D eigenvalue weighted by Gasteiger charge is 2.38. The zero-order valence-electron chi connectivity index (χ0n) is 10.5. The van der Waals surface area contributed by atoms with Crippen molar-refractivity contribution in [3.05, 3.63) is 0 Å². The molecule has 1 aliphatic rings. The average Bonchev–Trinajstić information content (AvgIpc) is 2.15. The Labute approximate surface area is 96.8 Å². The quantitative estimate of drug-likeness (QED) is 0.747. The summed E-state index contributed by atoms with van der Waals surface area (Å²) in [5.41, 5.74) is -0.398. The molecule has 1 amide bonds. The van der Waals surface area contributed by atoms with Crippen molar-refractivity contribution in [3.63, 3.8) is 0 Å². The van der Waals surface area contributed by atoms with Gasteiger partial charge >= 0.3 is 6.09 Å². The molecule has 0 aliphatic carbocycles. The Bertz CT molecular complexity index is 250. The van der Waals surface area contributed by atoms with E-state index >= 15 is 0 Å². The molecule has 0 radical (unpaired) electrons. The lowest BCUT2D eigenvalue weighted by Crippen LogP contribution is -2.60. The molecule has 5 heteroatoms. The molecule has 0 saturated carbocycles. The maximum atomic E-state index is 11.4. The lowest BCUT2D eigenvalue weighted by atomic mass is 9.95. The van der Waals surface area contributed by atoms with Crippen LogP contribution in [0.2, 0.25) is 0 Å². The number of nitrogens with one attached hydrogen (secondary N) is 1. The van der Waals surface area contributed by atoms with Crippen LogP contribution in [0.15, 0.2) is 0 Å². The second-order valence-corrected chi connectivity index (χ2v) is 5.16. The summed E-state index contributed by atoms with van der Waals surface area (Å²) in [7, 11) is 1.63. The Morgan fingerprint density at radius 3 is 2.56 bits per heavy atom. The van der Waals surface area contributed by atoms with Crippen LogP contribution in [0.5, 0.6) is 0 Å². The van der Waals surface area contributed by atoms with Crippen molar-refractivity contribution in [2.75, 3.05) is 20.2 Å². The molecule has 0 unspecified atom stereocenters. The predicted molar refractivity (Wildman–Crippen MR) is 61.7 cm³/mol. The van der Waals surface area contributed by atoms with E-state index in [2.05, 4.69) is 5.32 Å². The number of rotatable bonds is 2. The number of ether oxygens (including phenoxy) is 1. The summed E-state index contributed by atoms with van der Waals surface area (Å²) in [5.74, 6) is 0. The molecule has 0 aromatic heterocycles. The molecule has 0 spiro atoms. The van der Waals surface area contributed by atoms with Crippen LogP contribution in [-0.4, -0.2) is 54.0 Å². The van der Waals surface area contributed by atoms with Gasteiger partial charge in [-0.15, -0.1) is 0 Å². The van der Waals surface area contributed by atoms with E-state index in [9.17, 15) is 9.90 Å². The molecule has 94 valence electrons. The standard InChI is InChI=1S/C11H22N2O3/c1-11(2,3)13(10(14)15)8-5-6-12-7-9(8)16-4/h8-9,12H,5-7H2,1-4H3,(H,14,15)/t8-,9+/m1/s1. The number of carboxylic acid groups (broad SMARTS) is 1. The Hall–Kier alpha value is -0.810. The van der Waals surface area contributed by atoms with Crippen molar-refractivity contribution >= 4 is 6.09 Å². The van der Waals surface area contributed by atoms with Crippen LogP contribution in [0.25, 0.3) is 0 Å². The SMILES string of the molecule is CO[C@H]1CNCC[C@H]1N(C(=O)O)C(C)(C)C. The Morgan fingerprint density at radius 2 is 2.12 bits per heavy atom. The summed E-state index contributed by atoms with van der Waals surface area (Å²) in [4.78, 5) is 12.9. The second kappa shape index (κ2) is 5.01. The van der Waals surface area contributed by atoms with Gasteiger partial charge in [0.1, 0.15) is 0 Å². The van der Waals surface area contributed by atoms with E-state index in [1.807, 2.05) is 20.8 Å². The number of hydrogen-bond acceptors (Lipinski definition) is 3. The molecule has 1 fully saturated rings. The van der Waals surface area contributed by atoms with Crippen LogP contribution in [0.4, 0.5) is 4.79 Å². The third-order valence-electron chi connectivity index (χ3n) is 2.95. The molecule has 1 aliphatic heterocycles. The first kappa shape index (κ1) is 13.3. The van der Waals surface area contributed by atoms with E-state index in [0.29, 0.717) is 6.54 Å². The van der Waals surface area contributed by atoms with E-state index in [1.54, 1.807) is 7.11 Å². The summed E-state index contributed by atoms with van der Waals surface area (Å²) in [5, 5.41) is 12.5. The molecule has 1 saturated heterocycles. The average molecular weight is 230 g/mol. The second-order valence-electron chi connectivity index (χ2n) is 5.16.